The Balaban J connectivity index is 0.00000288. The fourth-order valence-corrected chi connectivity index (χ4v) is 2.55. The Kier molecular flexibility index (Phi) is 12.0. The predicted octanol–water partition coefficient (Wildman–Crippen LogP) is 4.06. The van der Waals surface area contributed by atoms with Gasteiger partial charge in [0.05, 0.1) is 5.69 Å². The van der Waals surface area contributed by atoms with E-state index in [0.717, 1.165) is 61.3 Å². The number of rotatable bonds is 9. The molecule has 140 valence electrons. The predicted molar refractivity (Wildman–Crippen MR) is 112 cm³/mol. The van der Waals surface area contributed by atoms with Crippen molar-refractivity contribution < 1.29 is 0 Å². The topological polar surface area (TPSA) is 89.8 Å². The number of aromatic nitrogens is 2. The number of nitrogen functional groups attached to an aromatic ring is 1. The Hall–Kier alpha value is -1.56. The lowest BCUT2D eigenvalue weighted by atomic mass is 10.0. The van der Waals surface area contributed by atoms with E-state index in [0.29, 0.717) is 12.5 Å². The zero-order valence-electron chi connectivity index (χ0n) is 14.7. The van der Waals surface area contributed by atoms with E-state index in [1.165, 1.54) is 0 Å². The number of nitrogens with zero attached hydrogens (tertiary/aromatic N) is 2. The van der Waals surface area contributed by atoms with Crippen molar-refractivity contribution in [2.75, 3.05) is 24.1 Å². The Morgan fingerprint density at radius 1 is 1.00 bits per heavy atom. The Labute approximate surface area is 162 Å². The lowest BCUT2D eigenvalue weighted by Gasteiger charge is -2.15. The molecule has 7 heteroatoms. The summed E-state index contributed by atoms with van der Waals surface area (Å²) in [5.74, 6) is 1.17. The molecule has 0 fully saturated rings. The van der Waals surface area contributed by atoms with Crippen molar-refractivity contribution in [1.29, 1.82) is 0 Å². The number of unbranched alkanes of at least 4 members (excludes halogenated alkanes) is 2. The van der Waals surface area contributed by atoms with Gasteiger partial charge in [-0.2, -0.15) is 4.98 Å². The third-order valence-electron chi connectivity index (χ3n) is 3.78. The molecule has 0 amide bonds. The van der Waals surface area contributed by atoms with Crippen LogP contribution in [0.1, 0.15) is 38.2 Å². The molecule has 0 aliphatic rings. The average Bonchev–Trinajstić information content (AvgIpc) is 2.57. The van der Waals surface area contributed by atoms with Crippen LogP contribution >= 0.6 is 24.8 Å². The fraction of sp³-hybridized carbons (Fsp3) is 0.444. The van der Waals surface area contributed by atoms with E-state index >= 15 is 0 Å². The molecule has 5 N–H and O–H groups in total. The largest absolute Gasteiger partial charge is 0.370 e. The van der Waals surface area contributed by atoms with Crippen LogP contribution in [0, 0.1) is 0 Å². The van der Waals surface area contributed by atoms with Crippen molar-refractivity contribution in [2.24, 2.45) is 5.73 Å². The standard InChI is InChI=1S/C18H27N5.2ClH/c1-2-3-13-21-17-15(11-7-8-12-19)16(22-18(20)23-17)14-9-5-4-6-10-14;;/h4-6,9-10H,2-3,7-8,11-13,19H2,1H3,(H3,20,21,22,23);2*1H. The molecule has 0 aliphatic carbocycles. The minimum atomic E-state index is 0. The van der Waals surface area contributed by atoms with Crippen LogP contribution in [0.4, 0.5) is 11.8 Å². The summed E-state index contributed by atoms with van der Waals surface area (Å²) in [5.41, 5.74) is 14.7. The summed E-state index contributed by atoms with van der Waals surface area (Å²) in [5, 5.41) is 3.43. The molecule has 0 aliphatic heterocycles. The molecule has 2 rings (SSSR count). The highest BCUT2D eigenvalue weighted by atomic mass is 35.5. The summed E-state index contributed by atoms with van der Waals surface area (Å²) in [6.45, 7) is 3.77. The van der Waals surface area contributed by atoms with Gasteiger partial charge in [-0.25, -0.2) is 4.98 Å². The van der Waals surface area contributed by atoms with Crippen LogP contribution in [-0.4, -0.2) is 23.1 Å². The summed E-state index contributed by atoms with van der Waals surface area (Å²) in [4.78, 5) is 8.94. The van der Waals surface area contributed by atoms with Gasteiger partial charge in [0.15, 0.2) is 0 Å². The third-order valence-corrected chi connectivity index (χ3v) is 3.78. The van der Waals surface area contributed by atoms with Gasteiger partial charge in [0.1, 0.15) is 5.82 Å². The first-order chi connectivity index (χ1) is 11.3. The van der Waals surface area contributed by atoms with E-state index in [4.69, 9.17) is 11.5 Å². The van der Waals surface area contributed by atoms with E-state index < -0.39 is 0 Å². The molecule has 5 nitrogen and oxygen atoms in total. The lowest BCUT2D eigenvalue weighted by molar-refractivity contribution is 0.741. The molecular formula is C18H29Cl2N5. The zero-order valence-corrected chi connectivity index (χ0v) is 16.3. The molecule has 2 aromatic rings. The highest BCUT2D eigenvalue weighted by Crippen LogP contribution is 2.28. The van der Waals surface area contributed by atoms with Crippen LogP contribution in [0.3, 0.4) is 0 Å². The molecule has 0 radical (unpaired) electrons. The van der Waals surface area contributed by atoms with Crippen LogP contribution in [0.25, 0.3) is 11.3 Å². The second-order valence-corrected chi connectivity index (χ2v) is 5.65. The molecule has 0 unspecified atom stereocenters. The number of anilines is 2. The normalized spacial score (nSPS) is 9.84. The Bertz CT molecular complexity index is 608. The number of nitrogens with one attached hydrogen (secondary N) is 1. The van der Waals surface area contributed by atoms with Gasteiger partial charge in [-0.15, -0.1) is 24.8 Å². The van der Waals surface area contributed by atoms with Gasteiger partial charge in [0, 0.05) is 17.7 Å². The quantitative estimate of drug-likeness (QED) is 0.566. The maximum absolute atomic E-state index is 5.94. The SMILES string of the molecule is CCCCNc1nc(N)nc(-c2ccccc2)c1CCCCN.Cl.Cl. The van der Waals surface area contributed by atoms with E-state index in [-0.39, 0.29) is 24.8 Å². The summed E-state index contributed by atoms with van der Waals surface area (Å²) < 4.78 is 0. The summed E-state index contributed by atoms with van der Waals surface area (Å²) >= 11 is 0. The molecule has 0 bridgehead atoms. The monoisotopic (exact) mass is 385 g/mol. The molecule has 1 aromatic heterocycles. The minimum Gasteiger partial charge on any atom is -0.370 e. The fourth-order valence-electron chi connectivity index (χ4n) is 2.55. The molecule has 0 saturated carbocycles. The zero-order chi connectivity index (χ0) is 16.5. The maximum atomic E-state index is 5.94. The summed E-state index contributed by atoms with van der Waals surface area (Å²) in [6, 6.07) is 10.2. The minimum absolute atomic E-state index is 0. The lowest BCUT2D eigenvalue weighted by Crippen LogP contribution is -2.11. The van der Waals surface area contributed by atoms with Gasteiger partial charge < -0.3 is 16.8 Å². The van der Waals surface area contributed by atoms with E-state index in [1.807, 2.05) is 18.2 Å². The molecule has 0 saturated heterocycles. The van der Waals surface area contributed by atoms with Gasteiger partial charge in [-0.3, -0.25) is 0 Å². The molecule has 1 heterocycles. The van der Waals surface area contributed by atoms with Crippen LogP contribution in [0.15, 0.2) is 30.3 Å². The van der Waals surface area contributed by atoms with Crippen molar-refractivity contribution in [1.82, 2.24) is 9.97 Å². The Morgan fingerprint density at radius 2 is 1.72 bits per heavy atom. The average molecular weight is 386 g/mol. The van der Waals surface area contributed by atoms with Crippen LogP contribution in [-0.2, 0) is 6.42 Å². The number of nitrogens with two attached hydrogens (primary N) is 2. The van der Waals surface area contributed by atoms with Crippen molar-refractivity contribution in [2.45, 2.75) is 39.0 Å². The van der Waals surface area contributed by atoms with Crippen molar-refractivity contribution in [3.8, 4) is 11.3 Å². The molecule has 1 aromatic carbocycles. The van der Waals surface area contributed by atoms with Gasteiger partial charge in [0.2, 0.25) is 5.95 Å². The highest BCUT2D eigenvalue weighted by Gasteiger charge is 2.14. The van der Waals surface area contributed by atoms with Crippen LogP contribution < -0.4 is 16.8 Å². The molecule has 0 atom stereocenters. The van der Waals surface area contributed by atoms with Crippen molar-refractivity contribution >= 4 is 36.6 Å². The van der Waals surface area contributed by atoms with E-state index in [9.17, 15) is 0 Å². The van der Waals surface area contributed by atoms with Crippen molar-refractivity contribution in [3.63, 3.8) is 0 Å². The number of benzene rings is 1. The van der Waals surface area contributed by atoms with Gasteiger partial charge in [-0.1, -0.05) is 43.7 Å². The second kappa shape index (κ2) is 12.8. The molecule has 25 heavy (non-hydrogen) atoms. The summed E-state index contributed by atoms with van der Waals surface area (Å²) in [6.07, 6.45) is 5.16. The number of halogens is 2. The first-order valence-electron chi connectivity index (χ1n) is 8.42. The van der Waals surface area contributed by atoms with Crippen LogP contribution in [0.5, 0.6) is 0 Å². The second-order valence-electron chi connectivity index (χ2n) is 5.65. The Morgan fingerprint density at radius 3 is 2.36 bits per heavy atom. The smallest absolute Gasteiger partial charge is 0.222 e. The molecular weight excluding hydrogens is 357 g/mol. The van der Waals surface area contributed by atoms with Crippen LogP contribution in [0.2, 0.25) is 0 Å². The third kappa shape index (κ3) is 7.06. The maximum Gasteiger partial charge on any atom is 0.222 e. The van der Waals surface area contributed by atoms with Gasteiger partial charge in [-0.05, 0) is 32.2 Å². The molecule has 0 spiro atoms. The number of hydrogen-bond donors (Lipinski definition) is 3. The first kappa shape index (κ1) is 23.4. The van der Waals surface area contributed by atoms with E-state index in [2.05, 4.69) is 34.3 Å². The highest BCUT2D eigenvalue weighted by molar-refractivity contribution is 5.85. The van der Waals surface area contributed by atoms with Gasteiger partial charge in [0.25, 0.3) is 0 Å². The van der Waals surface area contributed by atoms with Crippen molar-refractivity contribution in [3.05, 3.63) is 35.9 Å². The first-order valence-corrected chi connectivity index (χ1v) is 8.42. The van der Waals surface area contributed by atoms with Gasteiger partial charge >= 0.3 is 0 Å². The van der Waals surface area contributed by atoms with E-state index in [1.54, 1.807) is 0 Å². The summed E-state index contributed by atoms with van der Waals surface area (Å²) in [7, 11) is 0. The number of hydrogen-bond acceptors (Lipinski definition) is 5.